The fourth-order valence-electron chi connectivity index (χ4n) is 1.47. The molecule has 0 aliphatic carbocycles. The van der Waals surface area contributed by atoms with Crippen LogP contribution < -0.4 is 0 Å². The average Bonchev–Trinajstić information content (AvgIpc) is 2.50. The molecule has 0 spiro atoms. The minimum Gasteiger partial charge on any atom is -0.310 e. The summed E-state index contributed by atoms with van der Waals surface area (Å²) < 4.78 is 0. The molecule has 0 aromatic heterocycles. The predicted octanol–water partition coefficient (Wildman–Crippen LogP) is 0.397. The number of nitriles is 1. The molecule has 3 heteroatoms. The Hall–Kier alpha value is -0.905. The molecule has 1 saturated heterocycles. The lowest BCUT2D eigenvalue weighted by molar-refractivity contribution is 0.471. The van der Waals surface area contributed by atoms with Gasteiger partial charge in [0.1, 0.15) is 7.85 Å². The maximum Gasteiger partial charge on any atom is 0.179 e. The second kappa shape index (κ2) is 3.48. The first kappa shape index (κ1) is 8.19. The SMILES string of the molecule is BCC(=C)C1CCN(C#N)C1. The summed E-state index contributed by atoms with van der Waals surface area (Å²) in [6, 6.07) is 0. The summed E-state index contributed by atoms with van der Waals surface area (Å²) in [6.45, 7) is 5.80. The summed E-state index contributed by atoms with van der Waals surface area (Å²) in [7, 11) is 2.12. The lowest BCUT2D eigenvalue weighted by atomic mass is 9.88. The minimum atomic E-state index is 0.569. The molecule has 1 heterocycles. The van der Waals surface area contributed by atoms with Gasteiger partial charge in [0.25, 0.3) is 0 Å². The first-order chi connectivity index (χ1) is 5.27. The molecule has 1 rings (SSSR count). The first-order valence-corrected chi connectivity index (χ1v) is 4.10. The molecule has 11 heavy (non-hydrogen) atoms. The van der Waals surface area contributed by atoms with Crippen molar-refractivity contribution in [1.82, 2.24) is 4.90 Å². The number of nitrogens with zero attached hydrogens (tertiary/aromatic N) is 2. The Balaban J connectivity index is 2.43. The summed E-state index contributed by atoms with van der Waals surface area (Å²) in [5.74, 6) is 0.569. The summed E-state index contributed by atoms with van der Waals surface area (Å²) >= 11 is 0. The van der Waals surface area contributed by atoms with E-state index in [4.69, 9.17) is 5.26 Å². The Morgan fingerprint density at radius 3 is 3.00 bits per heavy atom. The Kier molecular flexibility index (Phi) is 2.59. The summed E-state index contributed by atoms with van der Waals surface area (Å²) in [4.78, 5) is 1.81. The van der Waals surface area contributed by atoms with Crippen LogP contribution in [0.1, 0.15) is 6.42 Å². The molecule has 0 bridgehead atoms. The van der Waals surface area contributed by atoms with Crippen LogP contribution in [0.25, 0.3) is 0 Å². The Labute approximate surface area is 68.9 Å². The lowest BCUT2D eigenvalue weighted by Gasteiger charge is -2.10. The fourth-order valence-corrected chi connectivity index (χ4v) is 1.47. The van der Waals surface area contributed by atoms with Gasteiger partial charge in [0.2, 0.25) is 0 Å². The van der Waals surface area contributed by atoms with Crippen LogP contribution in [0, 0.1) is 17.4 Å². The van der Waals surface area contributed by atoms with E-state index in [1.807, 2.05) is 4.90 Å². The quantitative estimate of drug-likeness (QED) is 0.322. The molecule has 1 atom stereocenters. The van der Waals surface area contributed by atoms with Gasteiger partial charge in [0, 0.05) is 13.1 Å². The van der Waals surface area contributed by atoms with Crippen LogP contribution in [0.2, 0.25) is 6.32 Å². The highest BCUT2D eigenvalue weighted by atomic mass is 15.1. The zero-order valence-corrected chi connectivity index (χ0v) is 7.01. The van der Waals surface area contributed by atoms with Crippen molar-refractivity contribution in [3.8, 4) is 6.19 Å². The van der Waals surface area contributed by atoms with Crippen LogP contribution in [0.4, 0.5) is 0 Å². The normalized spacial score (nSPS) is 23.2. The molecule has 1 aliphatic heterocycles. The van der Waals surface area contributed by atoms with Gasteiger partial charge >= 0.3 is 0 Å². The fraction of sp³-hybridized carbons (Fsp3) is 0.625. The van der Waals surface area contributed by atoms with E-state index in [2.05, 4.69) is 20.6 Å². The van der Waals surface area contributed by atoms with Gasteiger partial charge in [-0.1, -0.05) is 11.9 Å². The molecule has 2 nitrogen and oxygen atoms in total. The van der Waals surface area contributed by atoms with E-state index >= 15 is 0 Å². The van der Waals surface area contributed by atoms with E-state index in [9.17, 15) is 0 Å². The maximum absolute atomic E-state index is 8.58. The molecular formula is C8H13BN2. The monoisotopic (exact) mass is 148 g/mol. The molecule has 0 aromatic carbocycles. The van der Waals surface area contributed by atoms with E-state index in [1.54, 1.807) is 0 Å². The molecule has 0 N–H and O–H groups in total. The second-order valence-electron chi connectivity index (χ2n) is 3.04. The van der Waals surface area contributed by atoms with E-state index < -0.39 is 0 Å². The lowest BCUT2D eigenvalue weighted by Crippen LogP contribution is -2.14. The second-order valence-corrected chi connectivity index (χ2v) is 3.04. The van der Waals surface area contributed by atoms with Crippen molar-refractivity contribution >= 4 is 7.85 Å². The highest BCUT2D eigenvalue weighted by Crippen LogP contribution is 2.23. The Morgan fingerprint density at radius 1 is 1.82 bits per heavy atom. The molecule has 0 radical (unpaired) electrons. The summed E-state index contributed by atoms with van der Waals surface area (Å²) in [5.41, 5.74) is 1.29. The summed E-state index contributed by atoms with van der Waals surface area (Å²) in [6.07, 6.45) is 4.32. The van der Waals surface area contributed by atoms with Gasteiger partial charge < -0.3 is 4.90 Å². The molecule has 1 unspecified atom stereocenters. The van der Waals surface area contributed by atoms with Gasteiger partial charge in [0.05, 0.1) is 0 Å². The molecule has 1 aliphatic rings. The van der Waals surface area contributed by atoms with Crippen molar-refractivity contribution in [2.75, 3.05) is 13.1 Å². The summed E-state index contributed by atoms with van der Waals surface area (Å²) in [5, 5.41) is 8.58. The topological polar surface area (TPSA) is 27.0 Å². The van der Waals surface area contributed by atoms with Crippen molar-refractivity contribution < 1.29 is 0 Å². The third-order valence-electron chi connectivity index (χ3n) is 2.36. The largest absolute Gasteiger partial charge is 0.310 e. The maximum atomic E-state index is 8.58. The smallest absolute Gasteiger partial charge is 0.179 e. The van der Waals surface area contributed by atoms with Crippen molar-refractivity contribution in [1.29, 1.82) is 5.26 Å². The van der Waals surface area contributed by atoms with Gasteiger partial charge in [0.15, 0.2) is 6.19 Å². The average molecular weight is 148 g/mol. The van der Waals surface area contributed by atoms with Gasteiger partial charge in [-0.15, -0.1) is 6.58 Å². The van der Waals surface area contributed by atoms with Crippen LogP contribution in [0.15, 0.2) is 12.2 Å². The number of hydrogen-bond acceptors (Lipinski definition) is 2. The van der Waals surface area contributed by atoms with Gasteiger partial charge in [-0.2, -0.15) is 5.26 Å². The first-order valence-electron chi connectivity index (χ1n) is 4.10. The number of likely N-dealkylation sites (tertiary alicyclic amines) is 1. The predicted molar refractivity (Wildman–Crippen MR) is 47.8 cm³/mol. The Morgan fingerprint density at radius 2 is 2.55 bits per heavy atom. The highest BCUT2D eigenvalue weighted by Gasteiger charge is 2.22. The molecule has 0 saturated carbocycles. The minimum absolute atomic E-state index is 0.569. The van der Waals surface area contributed by atoms with E-state index in [1.165, 1.54) is 5.57 Å². The van der Waals surface area contributed by atoms with Crippen LogP contribution in [-0.4, -0.2) is 25.8 Å². The molecule has 0 aromatic rings. The van der Waals surface area contributed by atoms with Gasteiger partial charge in [-0.05, 0) is 12.3 Å². The van der Waals surface area contributed by atoms with Crippen LogP contribution >= 0.6 is 0 Å². The third-order valence-corrected chi connectivity index (χ3v) is 2.36. The van der Waals surface area contributed by atoms with Crippen molar-refractivity contribution in [2.45, 2.75) is 12.7 Å². The van der Waals surface area contributed by atoms with Gasteiger partial charge in [-0.25, -0.2) is 0 Å². The highest BCUT2D eigenvalue weighted by molar-refractivity contribution is 6.10. The van der Waals surface area contributed by atoms with Crippen LogP contribution in [0.5, 0.6) is 0 Å². The van der Waals surface area contributed by atoms with E-state index in [0.29, 0.717) is 5.92 Å². The zero-order valence-electron chi connectivity index (χ0n) is 7.01. The standard InChI is InChI=1S/C8H13BN2/c1-7(4-9)8-2-3-11(5-8)6-10/h8H,1-5,9H2. The third kappa shape index (κ3) is 1.77. The molecule has 0 amide bonds. The number of rotatable bonds is 2. The van der Waals surface area contributed by atoms with Crippen molar-refractivity contribution in [2.24, 2.45) is 5.92 Å². The van der Waals surface area contributed by atoms with Crippen LogP contribution in [0.3, 0.4) is 0 Å². The van der Waals surface area contributed by atoms with Gasteiger partial charge in [-0.3, -0.25) is 0 Å². The zero-order chi connectivity index (χ0) is 8.27. The molecule has 58 valence electrons. The van der Waals surface area contributed by atoms with Crippen molar-refractivity contribution in [3.63, 3.8) is 0 Å². The van der Waals surface area contributed by atoms with Crippen molar-refractivity contribution in [3.05, 3.63) is 12.2 Å². The number of hydrogen-bond donors (Lipinski definition) is 0. The van der Waals surface area contributed by atoms with E-state index in [-0.39, 0.29) is 0 Å². The van der Waals surface area contributed by atoms with Crippen LogP contribution in [-0.2, 0) is 0 Å². The molecular weight excluding hydrogens is 135 g/mol. The molecule has 1 fully saturated rings. The van der Waals surface area contributed by atoms with E-state index in [0.717, 1.165) is 25.8 Å². The Bertz CT molecular complexity index is 195.